The molecule has 0 aliphatic rings. The van der Waals surface area contributed by atoms with Crippen molar-refractivity contribution in [3.8, 4) is 0 Å². The molecule has 0 rings (SSSR count). The lowest BCUT2D eigenvalue weighted by molar-refractivity contribution is -0.889. The van der Waals surface area contributed by atoms with E-state index in [-0.39, 0.29) is 49.1 Å². The molecule has 0 spiro atoms. The van der Waals surface area contributed by atoms with Gasteiger partial charge < -0.3 is 28.6 Å². The standard InChI is InChI=1S/C46H75NO7/c1-6-8-10-12-14-16-17-18-19-20-21-22-23-24-25-26-27-28-29-31-32-34-36-44(48)53-41-42(40-52-39-38-43(46(50)51)47(3,4)5)54-45(49)37-35-33-30-15-13-11-9-7-2/h8,10,14,16,18-19,21-22,24-25,27-28,30,33,42-43H,6-7,9,11-13,15,17,20,23,26,29,31-32,34-41H2,1-5H3/b10-8+,16-14+,19-18+,22-21+,25-24+,28-27+,33-30+. The summed E-state index contributed by atoms with van der Waals surface area (Å²) in [7, 11) is 5.36. The van der Waals surface area contributed by atoms with Crippen LogP contribution in [-0.2, 0) is 28.6 Å². The topological polar surface area (TPSA) is 102 Å². The molecule has 0 aliphatic carbocycles. The van der Waals surface area contributed by atoms with Crippen LogP contribution in [0.4, 0.5) is 0 Å². The van der Waals surface area contributed by atoms with E-state index in [1.54, 1.807) is 21.1 Å². The molecule has 0 radical (unpaired) electrons. The highest BCUT2D eigenvalue weighted by Crippen LogP contribution is 2.10. The van der Waals surface area contributed by atoms with Crippen molar-refractivity contribution < 1.29 is 38.2 Å². The molecule has 0 fully saturated rings. The Morgan fingerprint density at radius 1 is 0.574 bits per heavy atom. The van der Waals surface area contributed by atoms with E-state index in [2.05, 4.69) is 92.8 Å². The summed E-state index contributed by atoms with van der Waals surface area (Å²) in [5, 5.41) is 11.6. The van der Waals surface area contributed by atoms with Crippen LogP contribution < -0.4 is 5.11 Å². The second kappa shape index (κ2) is 36.5. The number of ether oxygens (including phenoxy) is 3. The Labute approximate surface area is 329 Å². The maximum atomic E-state index is 12.6. The van der Waals surface area contributed by atoms with E-state index >= 15 is 0 Å². The SMILES string of the molecule is CC/C=C/C/C=C/C/C=C/C/C=C/C/C=C/C/C=C/CCCCCC(=O)OCC(COCCC(C(=O)[O-])[N+](C)(C)C)OC(=O)CC/C=C/CCCCCC. The zero-order valence-corrected chi connectivity index (χ0v) is 34.6. The van der Waals surface area contributed by atoms with Gasteiger partial charge in [0.15, 0.2) is 6.10 Å². The molecule has 54 heavy (non-hydrogen) atoms. The molecule has 0 heterocycles. The lowest BCUT2D eigenvalue weighted by atomic mass is 10.1. The number of unbranched alkanes of at least 4 members (excludes halogenated alkanes) is 7. The van der Waals surface area contributed by atoms with Crippen LogP contribution in [0.2, 0.25) is 0 Å². The lowest BCUT2D eigenvalue weighted by Gasteiger charge is -2.34. The summed E-state index contributed by atoms with van der Waals surface area (Å²) in [6.07, 6.45) is 46.4. The van der Waals surface area contributed by atoms with Crippen molar-refractivity contribution in [1.82, 2.24) is 0 Å². The minimum atomic E-state index is -1.14. The zero-order valence-electron chi connectivity index (χ0n) is 34.6. The number of carbonyl (C=O) groups is 3. The molecule has 0 amide bonds. The van der Waals surface area contributed by atoms with E-state index in [0.29, 0.717) is 12.8 Å². The van der Waals surface area contributed by atoms with Gasteiger partial charge in [0.1, 0.15) is 12.6 Å². The van der Waals surface area contributed by atoms with Gasteiger partial charge in [-0.15, -0.1) is 0 Å². The highest BCUT2D eigenvalue weighted by atomic mass is 16.6. The zero-order chi connectivity index (χ0) is 40.0. The monoisotopic (exact) mass is 754 g/mol. The van der Waals surface area contributed by atoms with Crippen LogP contribution in [0.3, 0.4) is 0 Å². The van der Waals surface area contributed by atoms with Gasteiger partial charge in [0.05, 0.1) is 40.3 Å². The predicted octanol–water partition coefficient (Wildman–Crippen LogP) is 9.63. The molecular weight excluding hydrogens is 679 g/mol. The van der Waals surface area contributed by atoms with Crippen molar-refractivity contribution >= 4 is 17.9 Å². The summed E-state index contributed by atoms with van der Waals surface area (Å²) in [4.78, 5) is 36.6. The van der Waals surface area contributed by atoms with Crippen LogP contribution in [0.5, 0.6) is 0 Å². The molecule has 8 heteroatoms. The van der Waals surface area contributed by atoms with Gasteiger partial charge in [-0.2, -0.15) is 0 Å². The fourth-order valence-electron chi connectivity index (χ4n) is 5.32. The average molecular weight is 754 g/mol. The maximum Gasteiger partial charge on any atom is 0.306 e. The average Bonchev–Trinajstić information content (AvgIpc) is 3.12. The Morgan fingerprint density at radius 2 is 1.07 bits per heavy atom. The fraction of sp³-hybridized carbons (Fsp3) is 0.630. The number of carbonyl (C=O) groups excluding carboxylic acids is 3. The highest BCUT2D eigenvalue weighted by Gasteiger charge is 2.25. The normalized spacial score (nSPS) is 13.9. The van der Waals surface area contributed by atoms with Crippen LogP contribution in [0.15, 0.2) is 85.1 Å². The molecule has 0 aliphatic heterocycles. The number of carboxylic acids is 1. The van der Waals surface area contributed by atoms with E-state index in [1.807, 2.05) is 6.08 Å². The van der Waals surface area contributed by atoms with Gasteiger partial charge in [-0.25, -0.2) is 0 Å². The minimum absolute atomic E-state index is 0.00908. The number of carboxylic acid groups (broad SMARTS) is 1. The summed E-state index contributed by atoms with van der Waals surface area (Å²) >= 11 is 0. The van der Waals surface area contributed by atoms with Gasteiger partial charge in [0.25, 0.3) is 0 Å². The molecule has 0 N–H and O–H groups in total. The number of likely N-dealkylation sites (N-methyl/N-ethyl adjacent to an activating group) is 1. The molecule has 306 valence electrons. The Balaban J connectivity index is 4.37. The summed E-state index contributed by atoms with van der Waals surface area (Å²) in [5.74, 6) is -1.86. The minimum Gasteiger partial charge on any atom is -0.544 e. The van der Waals surface area contributed by atoms with Crippen LogP contribution >= 0.6 is 0 Å². The molecule has 0 aromatic rings. The van der Waals surface area contributed by atoms with Crippen molar-refractivity contribution in [3.63, 3.8) is 0 Å². The second-order valence-electron chi connectivity index (χ2n) is 14.5. The number of esters is 2. The van der Waals surface area contributed by atoms with E-state index in [0.717, 1.165) is 77.0 Å². The maximum absolute atomic E-state index is 12.6. The summed E-state index contributed by atoms with van der Waals surface area (Å²) < 4.78 is 17.0. The smallest absolute Gasteiger partial charge is 0.306 e. The predicted molar refractivity (Wildman–Crippen MR) is 222 cm³/mol. The number of nitrogens with zero attached hydrogens (tertiary/aromatic N) is 1. The molecule has 2 unspecified atom stereocenters. The molecule has 0 aromatic heterocycles. The summed E-state index contributed by atoms with van der Waals surface area (Å²) in [6.45, 7) is 4.39. The lowest BCUT2D eigenvalue weighted by Crippen LogP contribution is -2.55. The van der Waals surface area contributed by atoms with E-state index in [1.165, 1.54) is 19.3 Å². The van der Waals surface area contributed by atoms with E-state index in [4.69, 9.17) is 14.2 Å². The third-order valence-corrected chi connectivity index (χ3v) is 8.53. The third kappa shape index (κ3) is 34.3. The Hall–Kier alpha value is -3.49. The van der Waals surface area contributed by atoms with E-state index in [9.17, 15) is 19.5 Å². The van der Waals surface area contributed by atoms with Crippen molar-refractivity contribution in [2.75, 3.05) is 41.0 Å². The van der Waals surface area contributed by atoms with Gasteiger partial charge >= 0.3 is 11.9 Å². The number of hydrogen-bond donors (Lipinski definition) is 0. The van der Waals surface area contributed by atoms with E-state index < -0.39 is 18.1 Å². The summed E-state index contributed by atoms with van der Waals surface area (Å²) in [5.41, 5.74) is 0. The van der Waals surface area contributed by atoms with Crippen molar-refractivity contribution in [2.45, 2.75) is 148 Å². The quantitative estimate of drug-likeness (QED) is 0.0275. The van der Waals surface area contributed by atoms with Crippen LogP contribution in [0.25, 0.3) is 0 Å². The van der Waals surface area contributed by atoms with Crippen LogP contribution in [-0.4, -0.2) is 75.5 Å². The largest absolute Gasteiger partial charge is 0.544 e. The van der Waals surface area contributed by atoms with Crippen LogP contribution in [0.1, 0.15) is 136 Å². The van der Waals surface area contributed by atoms with Crippen LogP contribution in [0, 0.1) is 0 Å². The molecule has 0 saturated carbocycles. The number of aliphatic carboxylic acids is 1. The highest BCUT2D eigenvalue weighted by molar-refractivity contribution is 5.70. The molecule has 8 nitrogen and oxygen atoms in total. The second-order valence-corrected chi connectivity index (χ2v) is 14.5. The van der Waals surface area contributed by atoms with Crippen molar-refractivity contribution in [3.05, 3.63) is 85.1 Å². The number of rotatable bonds is 35. The molecule has 0 saturated heterocycles. The first-order valence-corrected chi connectivity index (χ1v) is 20.6. The molecule has 0 aromatic carbocycles. The summed E-state index contributed by atoms with van der Waals surface area (Å²) in [6, 6.07) is -0.739. The van der Waals surface area contributed by atoms with Crippen molar-refractivity contribution in [2.24, 2.45) is 0 Å². The molecular formula is C46H75NO7. The first kappa shape index (κ1) is 50.5. The van der Waals surface area contributed by atoms with Gasteiger partial charge in [0.2, 0.25) is 0 Å². The molecule has 0 bridgehead atoms. The number of hydrogen-bond acceptors (Lipinski definition) is 7. The van der Waals surface area contributed by atoms with Crippen molar-refractivity contribution in [1.29, 1.82) is 0 Å². The van der Waals surface area contributed by atoms with Gasteiger partial charge in [-0.3, -0.25) is 9.59 Å². The van der Waals surface area contributed by atoms with Gasteiger partial charge in [0, 0.05) is 19.3 Å². The number of allylic oxidation sites excluding steroid dienone is 14. The first-order chi connectivity index (χ1) is 26.1. The first-order valence-electron chi connectivity index (χ1n) is 20.6. The van der Waals surface area contributed by atoms with Gasteiger partial charge in [-0.05, 0) is 77.0 Å². The Bertz CT molecular complexity index is 1160. The Morgan fingerprint density at radius 3 is 1.59 bits per heavy atom. The fourth-order valence-corrected chi connectivity index (χ4v) is 5.32. The Kier molecular flexibility index (Phi) is 34.1. The number of quaternary nitrogens is 1. The van der Waals surface area contributed by atoms with Gasteiger partial charge in [-0.1, -0.05) is 125 Å². The third-order valence-electron chi connectivity index (χ3n) is 8.53. The molecule has 2 atom stereocenters.